The first-order chi connectivity index (χ1) is 20.2. The van der Waals surface area contributed by atoms with Crippen LogP contribution in [0.4, 0.5) is 24.7 Å². The molecule has 4 N–H and O–H groups in total. The van der Waals surface area contributed by atoms with Crippen molar-refractivity contribution >= 4 is 35.3 Å². The number of pyridine rings is 1. The van der Waals surface area contributed by atoms with E-state index in [-0.39, 0.29) is 37.6 Å². The second-order valence-electron chi connectivity index (χ2n) is 9.08. The van der Waals surface area contributed by atoms with Gasteiger partial charge in [-0.2, -0.15) is 13.2 Å². The third-order valence-electron chi connectivity index (χ3n) is 5.44. The maximum atomic E-state index is 12.5. The number of carbonyl (C=O) groups is 4. The molecule has 43 heavy (non-hydrogen) atoms. The van der Waals surface area contributed by atoms with Gasteiger partial charge < -0.3 is 25.8 Å². The number of aryl methyl sites for hydroxylation is 1. The molecule has 2 rings (SSSR count). The number of nitro groups is 1. The molecule has 16 heteroatoms. The van der Waals surface area contributed by atoms with Crippen LogP contribution in [-0.4, -0.2) is 64.6 Å². The summed E-state index contributed by atoms with van der Waals surface area (Å²) in [7, 11) is 0. The number of benzene rings is 1. The molecule has 0 aliphatic heterocycles. The quantitative estimate of drug-likeness (QED) is 0.0994. The Labute approximate surface area is 245 Å². The summed E-state index contributed by atoms with van der Waals surface area (Å²) >= 11 is 0. The molecule has 1 aromatic heterocycles. The van der Waals surface area contributed by atoms with Crippen LogP contribution < -0.4 is 16.0 Å². The third-order valence-corrected chi connectivity index (χ3v) is 5.44. The monoisotopic (exact) mass is 613 g/mol. The van der Waals surface area contributed by atoms with E-state index >= 15 is 0 Å². The lowest BCUT2D eigenvalue weighted by Crippen LogP contribution is -2.39. The molecule has 1 heterocycles. The smallest absolute Gasteiger partial charge is 0.475 e. The van der Waals surface area contributed by atoms with Gasteiger partial charge in [-0.25, -0.2) is 9.78 Å². The van der Waals surface area contributed by atoms with Gasteiger partial charge in [-0.05, 0) is 43.0 Å². The minimum atomic E-state index is -5.08. The van der Waals surface area contributed by atoms with Crippen LogP contribution >= 0.6 is 0 Å². The number of nitrogens with one attached hydrogen (secondary N) is 3. The number of aliphatic carboxylic acids is 1. The van der Waals surface area contributed by atoms with Gasteiger partial charge in [-0.3, -0.25) is 24.5 Å². The number of ether oxygens (including phenoxy) is 1. The number of hydrogen-bond donors (Lipinski definition) is 4. The van der Waals surface area contributed by atoms with E-state index in [9.17, 15) is 37.7 Å². The van der Waals surface area contributed by atoms with Crippen molar-refractivity contribution in [3.8, 4) is 0 Å². The number of carboxylic acids is 1. The lowest BCUT2D eigenvalue weighted by Gasteiger charge is -2.19. The number of hydrogen-bond acceptors (Lipinski definition) is 9. The van der Waals surface area contributed by atoms with Gasteiger partial charge in [0.1, 0.15) is 5.82 Å². The van der Waals surface area contributed by atoms with Gasteiger partial charge in [-0.1, -0.05) is 25.5 Å². The maximum Gasteiger partial charge on any atom is 0.490 e. The molecular weight excluding hydrogens is 579 g/mol. The van der Waals surface area contributed by atoms with E-state index in [1.54, 1.807) is 12.3 Å². The number of amides is 2. The molecular formula is C27H34F3N5O8. The average molecular weight is 614 g/mol. The number of carbonyl (C=O) groups excluding carboxylic acids is 3. The standard InChI is InChI=1S/C25H33N5O6.C2HF3O2/c1-3-4-13-36-25(33)16-21(19-7-5-8-20(15-19)30(34)35)29-24(32)17-28-23(31)9-6-11-26-22-14-18(2)10-12-27-22;3-2(4,5)1(6)7/h5,7-8,10,12,14-15,21H,3-4,6,9,11,13,16-17H2,1-2H3,(H,26,27)(H,28,31)(H,29,32);(H,6,7). The van der Waals surface area contributed by atoms with E-state index in [1.165, 1.54) is 18.2 Å². The number of unbranched alkanes of at least 4 members (excludes halogenated alkanes) is 1. The van der Waals surface area contributed by atoms with Crippen molar-refractivity contribution in [3.05, 3.63) is 63.8 Å². The number of non-ortho nitro benzene ring substituents is 1. The van der Waals surface area contributed by atoms with Gasteiger partial charge in [0.2, 0.25) is 11.8 Å². The van der Waals surface area contributed by atoms with E-state index in [1.807, 2.05) is 26.0 Å². The highest BCUT2D eigenvalue weighted by atomic mass is 19.4. The summed E-state index contributed by atoms with van der Waals surface area (Å²) in [6.07, 6.45) is -1.25. The van der Waals surface area contributed by atoms with Crippen LogP contribution in [0.3, 0.4) is 0 Å². The summed E-state index contributed by atoms with van der Waals surface area (Å²) in [6.45, 7) is 4.44. The molecule has 0 saturated heterocycles. The van der Waals surface area contributed by atoms with E-state index in [0.29, 0.717) is 24.9 Å². The Hall–Kier alpha value is -4.76. The van der Waals surface area contributed by atoms with Crippen molar-refractivity contribution < 1.29 is 47.1 Å². The Morgan fingerprint density at radius 1 is 1.12 bits per heavy atom. The van der Waals surface area contributed by atoms with Gasteiger partial charge in [0.15, 0.2) is 0 Å². The molecule has 0 saturated carbocycles. The topological polar surface area (TPSA) is 190 Å². The van der Waals surface area contributed by atoms with Gasteiger partial charge in [0.05, 0.1) is 30.5 Å². The van der Waals surface area contributed by atoms with E-state index < -0.39 is 35.0 Å². The fraction of sp³-hybridized carbons (Fsp3) is 0.444. The Bertz CT molecular complexity index is 1240. The fourth-order valence-electron chi connectivity index (χ4n) is 3.27. The molecule has 2 aromatic rings. The molecule has 236 valence electrons. The van der Waals surface area contributed by atoms with Crippen LogP contribution in [-0.2, 0) is 23.9 Å². The van der Waals surface area contributed by atoms with Crippen molar-refractivity contribution in [2.75, 3.05) is 25.0 Å². The summed E-state index contributed by atoms with van der Waals surface area (Å²) in [5.41, 5.74) is 1.31. The number of carboxylic acid groups (broad SMARTS) is 1. The molecule has 0 bridgehead atoms. The molecule has 0 aliphatic carbocycles. The number of nitro benzene ring substituents is 1. The van der Waals surface area contributed by atoms with Crippen LogP contribution in [0.2, 0.25) is 0 Å². The molecule has 1 atom stereocenters. The van der Waals surface area contributed by atoms with Crippen LogP contribution in [0.5, 0.6) is 0 Å². The van der Waals surface area contributed by atoms with Crippen molar-refractivity contribution in [2.45, 2.75) is 58.2 Å². The number of alkyl halides is 3. The number of halogens is 3. The van der Waals surface area contributed by atoms with Crippen molar-refractivity contribution in [2.24, 2.45) is 0 Å². The first-order valence-corrected chi connectivity index (χ1v) is 13.2. The van der Waals surface area contributed by atoms with Crippen LogP contribution in [0.1, 0.15) is 56.2 Å². The van der Waals surface area contributed by atoms with E-state index in [0.717, 1.165) is 17.8 Å². The predicted molar refractivity (Wildman–Crippen MR) is 148 cm³/mol. The first kappa shape index (κ1) is 36.3. The minimum absolute atomic E-state index is 0.158. The summed E-state index contributed by atoms with van der Waals surface area (Å²) in [5.74, 6) is -3.37. The lowest BCUT2D eigenvalue weighted by atomic mass is 10.0. The largest absolute Gasteiger partial charge is 0.490 e. The summed E-state index contributed by atoms with van der Waals surface area (Å²) < 4.78 is 36.9. The summed E-state index contributed by atoms with van der Waals surface area (Å²) in [6, 6.07) is 8.66. The molecule has 1 aromatic carbocycles. The zero-order chi connectivity index (χ0) is 32.4. The second kappa shape index (κ2) is 18.6. The number of rotatable bonds is 15. The average Bonchev–Trinajstić information content (AvgIpc) is 2.94. The van der Waals surface area contributed by atoms with Gasteiger partial charge in [-0.15, -0.1) is 0 Å². The number of anilines is 1. The Morgan fingerprint density at radius 2 is 1.81 bits per heavy atom. The van der Waals surface area contributed by atoms with E-state index in [2.05, 4.69) is 20.9 Å². The highest BCUT2D eigenvalue weighted by Gasteiger charge is 2.38. The van der Waals surface area contributed by atoms with Crippen LogP contribution in [0, 0.1) is 17.0 Å². The Morgan fingerprint density at radius 3 is 2.42 bits per heavy atom. The number of nitrogens with zero attached hydrogens (tertiary/aromatic N) is 2. The van der Waals surface area contributed by atoms with Crippen molar-refractivity contribution in [1.29, 1.82) is 0 Å². The molecule has 2 amide bonds. The minimum Gasteiger partial charge on any atom is -0.475 e. The van der Waals surface area contributed by atoms with Crippen LogP contribution in [0.15, 0.2) is 42.6 Å². The fourth-order valence-corrected chi connectivity index (χ4v) is 3.27. The molecule has 13 nitrogen and oxygen atoms in total. The normalized spacial score (nSPS) is 11.3. The number of esters is 1. The Kier molecular flexibility index (Phi) is 15.7. The Balaban J connectivity index is 0.00000117. The first-order valence-electron chi connectivity index (χ1n) is 13.2. The van der Waals surface area contributed by atoms with Crippen LogP contribution in [0.25, 0.3) is 0 Å². The summed E-state index contributed by atoms with van der Waals surface area (Å²) in [5, 5.41) is 26.6. The maximum absolute atomic E-state index is 12.5. The molecule has 0 aliphatic rings. The van der Waals surface area contributed by atoms with E-state index in [4.69, 9.17) is 14.6 Å². The molecule has 0 fully saturated rings. The third kappa shape index (κ3) is 15.7. The zero-order valence-electron chi connectivity index (χ0n) is 23.6. The molecule has 1 unspecified atom stereocenters. The van der Waals surface area contributed by atoms with Crippen molar-refractivity contribution in [1.82, 2.24) is 15.6 Å². The SMILES string of the molecule is CCCCOC(=O)CC(NC(=O)CNC(=O)CCCNc1cc(C)ccn1)c1cccc([N+](=O)[O-])c1.O=C(O)C(F)(F)F. The summed E-state index contributed by atoms with van der Waals surface area (Å²) in [4.78, 5) is 60.6. The molecule has 0 spiro atoms. The number of aromatic nitrogens is 1. The van der Waals surface area contributed by atoms with Crippen molar-refractivity contribution in [3.63, 3.8) is 0 Å². The lowest BCUT2D eigenvalue weighted by molar-refractivity contribution is -0.384. The highest BCUT2D eigenvalue weighted by Crippen LogP contribution is 2.22. The van der Waals surface area contributed by atoms with Gasteiger partial charge in [0, 0.05) is 31.3 Å². The second-order valence-corrected chi connectivity index (χ2v) is 9.08. The highest BCUT2D eigenvalue weighted by molar-refractivity contribution is 5.85. The van der Waals surface area contributed by atoms with Gasteiger partial charge >= 0.3 is 18.1 Å². The molecule has 0 radical (unpaired) electrons. The zero-order valence-corrected chi connectivity index (χ0v) is 23.6. The van der Waals surface area contributed by atoms with Gasteiger partial charge in [0.25, 0.3) is 5.69 Å². The predicted octanol–water partition coefficient (Wildman–Crippen LogP) is 3.83.